The van der Waals surface area contributed by atoms with E-state index in [-0.39, 0.29) is 5.41 Å². The van der Waals surface area contributed by atoms with Crippen LogP contribution in [-0.4, -0.2) is 18.3 Å². The van der Waals surface area contributed by atoms with Crippen LogP contribution in [-0.2, 0) is 12.0 Å². The van der Waals surface area contributed by atoms with E-state index in [0.29, 0.717) is 0 Å². The highest BCUT2D eigenvalue weighted by Crippen LogP contribution is 2.33. The number of halogens is 1. The van der Waals surface area contributed by atoms with E-state index in [4.69, 9.17) is 0 Å². The van der Waals surface area contributed by atoms with Crippen LogP contribution in [0.3, 0.4) is 0 Å². The third-order valence-electron chi connectivity index (χ3n) is 2.80. The monoisotopic (exact) mass is 372 g/mol. The number of carbonyl (C=O) groups excluding carboxylic acids is 1. The van der Waals surface area contributed by atoms with Gasteiger partial charge in [0.2, 0.25) is 0 Å². The number of hydrogen-bond donors (Lipinski definition) is 0. The molecule has 0 aliphatic rings. The molecule has 3 nitrogen and oxygen atoms in total. The van der Waals surface area contributed by atoms with Gasteiger partial charge in [0.1, 0.15) is 0 Å². The summed E-state index contributed by atoms with van der Waals surface area (Å²) in [7, 11) is 2.01. The minimum Gasteiger partial charge on any atom is -0.346 e. The molecule has 0 spiro atoms. The zero-order valence-corrected chi connectivity index (χ0v) is 15.2. The van der Waals surface area contributed by atoms with Gasteiger partial charge in [0.25, 0.3) is 0 Å². The average Bonchev–Trinajstić information content (AvgIpc) is 2.94. The molecule has 2 aromatic rings. The van der Waals surface area contributed by atoms with Gasteiger partial charge in [-0.05, 0) is 22.0 Å². The number of thiazole rings is 1. The molecule has 108 valence electrons. The van der Waals surface area contributed by atoms with Crippen LogP contribution >= 0.6 is 38.6 Å². The highest BCUT2D eigenvalue weighted by atomic mass is 79.9. The van der Waals surface area contributed by atoms with Gasteiger partial charge in [-0.1, -0.05) is 32.1 Å². The first-order valence-electron chi connectivity index (χ1n) is 6.22. The lowest BCUT2D eigenvalue weighted by Gasteiger charge is -2.17. The van der Waals surface area contributed by atoms with Crippen LogP contribution in [0.2, 0.25) is 0 Å². The summed E-state index contributed by atoms with van der Waals surface area (Å²) in [5.74, 6) is 0. The van der Waals surface area contributed by atoms with E-state index >= 15 is 0 Å². The number of carbonyl (C=O) groups is 1. The van der Waals surface area contributed by atoms with Crippen LogP contribution in [0.15, 0.2) is 15.9 Å². The number of rotatable bonds is 4. The van der Waals surface area contributed by atoms with Crippen molar-refractivity contribution in [3.63, 3.8) is 0 Å². The van der Waals surface area contributed by atoms with Gasteiger partial charge in [-0.25, -0.2) is 4.98 Å². The van der Waals surface area contributed by atoms with Crippen molar-refractivity contribution in [2.45, 2.75) is 32.7 Å². The summed E-state index contributed by atoms with van der Waals surface area (Å²) in [6.45, 7) is 7.03. The molecule has 0 aromatic carbocycles. The second-order valence-corrected chi connectivity index (χ2v) is 8.59. The van der Waals surface area contributed by atoms with Crippen molar-refractivity contribution in [2.24, 2.45) is 0 Å². The normalized spacial score (nSPS) is 11.7. The van der Waals surface area contributed by atoms with Crippen LogP contribution < -0.4 is 4.90 Å². The molecule has 2 rings (SSSR count). The first-order chi connectivity index (χ1) is 9.31. The summed E-state index contributed by atoms with van der Waals surface area (Å²) < 4.78 is 1.11. The minimum absolute atomic E-state index is 0.113. The highest BCUT2D eigenvalue weighted by Gasteiger charge is 2.24. The summed E-state index contributed by atoms with van der Waals surface area (Å²) in [5.41, 5.74) is 0.768. The number of aldehydes is 1. The van der Waals surface area contributed by atoms with Crippen LogP contribution in [0, 0.1) is 0 Å². The Morgan fingerprint density at radius 1 is 1.45 bits per heavy atom. The second kappa shape index (κ2) is 5.95. The summed E-state index contributed by atoms with van der Waals surface area (Å²) in [5, 5.41) is 2.96. The third kappa shape index (κ3) is 3.48. The number of anilines is 1. The third-order valence-corrected chi connectivity index (χ3v) is 5.58. The van der Waals surface area contributed by atoms with Crippen LogP contribution in [0.5, 0.6) is 0 Å². The lowest BCUT2D eigenvalue weighted by atomic mass is 9.91. The lowest BCUT2D eigenvalue weighted by molar-refractivity contribution is 0.112. The van der Waals surface area contributed by atoms with Gasteiger partial charge in [-0.3, -0.25) is 4.79 Å². The molecular formula is C14H17BrN2OS2. The summed E-state index contributed by atoms with van der Waals surface area (Å²) in [4.78, 5) is 20.0. The quantitative estimate of drug-likeness (QED) is 0.728. The SMILES string of the molecule is CN(Cc1cc(Br)cs1)c1nc(C(C)(C)C)c(C=O)s1. The maximum absolute atomic E-state index is 11.2. The molecule has 0 atom stereocenters. The van der Waals surface area contributed by atoms with Crippen molar-refractivity contribution >= 4 is 50.0 Å². The zero-order valence-electron chi connectivity index (χ0n) is 11.9. The molecule has 0 aliphatic carbocycles. The van der Waals surface area contributed by atoms with Crippen LogP contribution in [0.25, 0.3) is 0 Å². The Kier molecular flexibility index (Phi) is 4.66. The maximum atomic E-state index is 11.2. The number of hydrogen-bond acceptors (Lipinski definition) is 5. The fourth-order valence-corrected chi connectivity index (χ4v) is 4.39. The second-order valence-electron chi connectivity index (χ2n) is 5.66. The van der Waals surface area contributed by atoms with Crippen molar-refractivity contribution in [3.05, 3.63) is 31.4 Å². The number of thiophene rings is 1. The average molecular weight is 373 g/mol. The minimum atomic E-state index is -0.113. The summed E-state index contributed by atoms with van der Waals surface area (Å²) in [6, 6.07) is 2.11. The van der Waals surface area contributed by atoms with Crippen molar-refractivity contribution in [1.82, 2.24) is 4.98 Å². The Morgan fingerprint density at radius 2 is 2.15 bits per heavy atom. The highest BCUT2D eigenvalue weighted by molar-refractivity contribution is 9.10. The molecular weight excluding hydrogens is 356 g/mol. The topological polar surface area (TPSA) is 33.2 Å². The van der Waals surface area contributed by atoms with Gasteiger partial charge >= 0.3 is 0 Å². The largest absolute Gasteiger partial charge is 0.346 e. The molecule has 0 unspecified atom stereocenters. The van der Waals surface area contributed by atoms with Gasteiger partial charge in [-0.15, -0.1) is 11.3 Å². The first kappa shape index (κ1) is 15.7. The van der Waals surface area contributed by atoms with Gasteiger partial charge in [0.15, 0.2) is 11.4 Å². The van der Waals surface area contributed by atoms with Crippen LogP contribution in [0.4, 0.5) is 5.13 Å². The number of nitrogens with zero attached hydrogens (tertiary/aromatic N) is 2. The maximum Gasteiger partial charge on any atom is 0.186 e. The molecule has 0 saturated heterocycles. The predicted octanol–water partition coefficient (Wildman–Crippen LogP) is 4.71. The standard InChI is InChI=1S/C14H17BrN2OS2/c1-14(2,3)12-11(7-18)20-13(16-12)17(4)6-10-5-9(15)8-19-10/h5,7-8H,6H2,1-4H3. The van der Waals surface area contributed by atoms with E-state index in [9.17, 15) is 4.79 Å². The van der Waals surface area contributed by atoms with Crippen LogP contribution in [0.1, 0.15) is 41.0 Å². The lowest BCUT2D eigenvalue weighted by Crippen LogP contribution is -2.17. The van der Waals surface area contributed by atoms with E-state index in [0.717, 1.165) is 33.0 Å². The van der Waals surface area contributed by atoms with E-state index in [1.165, 1.54) is 16.2 Å². The fraction of sp³-hybridized carbons (Fsp3) is 0.429. The van der Waals surface area contributed by atoms with Gasteiger partial charge < -0.3 is 4.90 Å². The number of aromatic nitrogens is 1. The smallest absolute Gasteiger partial charge is 0.186 e. The Bertz CT molecular complexity index is 613. The Morgan fingerprint density at radius 3 is 2.60 bits per heavy atom. The van der Waals surface area contributed by atoms with Crippen molar-refractivity contribution in [1.29, 1.82) is 0 Å². The molecule has 20 heavy (non-hydrogen) atoms. The molecule has 0 saturated carbocycles. The molecule has 0 N–H and O–H groups in total. The molecule has 0 amide bonds. The molecule has 2 aromatic heterocycles. The molecule has 0 aliphatic heterocycles. The molecule has 0 radical (unpaired) electrons. The van der Waals surface area contributed by atoms with Gasteiger partial charge in [0.05, 0.1) is 17.1 Å². The predicted molar refractivity (Wildman–Crippen MR) is 90.3 cm³/mol. The van der Waals surface area contributed by atoms with Gasteiger partial charge in [0, 0.05) is 27.2 Å². The molecule has 6 heteroatoms. The van der Waals surface area contributed by atoms with Crippen molar-refractivity contribution in [2.75, 3.05) is 11.9 Å². The molecule has 0 bridgehead atoms. The zero-order chi connectivity index (χ0) is 14.9. The Labute approximate surface area is 135 Å². The molecule has 2 heterocycles. The first-order valence-corrected chi connectivity index (χ1v) is 8.70. The van der Waals surface area contributed by atoms with E-state index in [1.807, 2.05) is 7.05 Å². The van der Waals surface area contributed by atoms with Gasteiger partial charge in [-0.2, -0.15) is 0 Å². The van der Waals surface area contributed by atoms with E-state index < -0.39 is 0 Å². The Balaban J connectivity index is 2.24. The summed E-state index contributed by atoms with van der Waals surface area (Å²) >= 11 is 6.64. The Hall–Kier alpha value is -0.720. The van der Waals surface area contributed by atoms with Crippen molar-refractivity contribution < 1.29 is 4.79 Å². The van der Waals surface area contributed by atoms with E-state index in [2.05, 4.69) is 58.0 Å². The van der Waals surface area contributed by atoms with Crippen molar-refractivity contribution in [3.8, 4) is 0 Å². The van der Waals surface area contributed by atoms with E-state index in [1.54, 1.807) is 11.3 Å². The fourth-order valence-electron chi connectivity index (χ4n) is 1.84. The summed E-state index contributed by atoms with van der Waals surface area (Å²) in [6.07, 6.45) is 0.914. The molecule has 0 fully saturated rings.